The van der Waals surface area contributed by atoms with Gasteiger partial charge in [-0.1, -0.05) is 245 Å². The van der Waals surface area contributed by atoms with E-state index >= 15 is 0 Å². The first-order valence-corrected chi connectivity index (χ1v) is 20.3. The maximum Gasteiger partial charge on any atom is 0.120 e. The number of unbranched alkanes of at least 4 members (excludes halogenated alkanes) is 32. The van der Waals surface area contributed by atoms with Crippen LogP contribution in [0, 0.1) is 5.92 Å². The Morgan fingerprint density at radius 3 is 0.690 bits per heavy atom. The second-order valence-corrected chi connectivity index (χ2v) is 14.2. The van der Waals surface area contributed by atoms with Crippen molar-refractivity contribution >= 4 is 6.29 Å². The van der Waals surface area contributed by atoms with E-state index < -0.39 is 0 Å². The van der Waals surface area contributed by atoms with Gasteiger partial charge in [0, 0.05) is 6.42 Å². The molecule has 1 unspecified atom stereocenters. The number of rotatable bonds is 38. The van der Waals surface area contributed by atoms with Crippen LogP contribution in [-0.4, -0.2) is 6.29 Å². The summed E-state index contributed by atoms with van der Waals surface area (Å²) in [7, 11) is 0. The van der Waals surface area contributed by atoms with E-state index in [1.807, 2.05) is 0 Å². The lowest BCUT2D eigenvalue weighted by atomic mass is 9.92. The van der Waals surface area contributed by atoms with Gasteiger partial charge in [-0.05, 0) is 5.92 Å². The molecule has 0 spiro atoms. The monoisotopic (exact) mass is 591 g/mol. The third-order valence-electron chi connectivity index (χ3n) is 9.86. The number of carbonyl (C=O) groups is 1. The topological polar surface area (TPSA) is 17.1 Å². The first-order chi connectivity index (χ1) is 20.8. The quantitative estimate of drug-likeness (QED) is 0.0516. The molecule has 0 radical (unpaired) electrons. The number of hydrogen-bond acceptors (Lipinski definition) is 1. The predicted molar refractivity (Wildman–Crippen MR) is 192 cm³/mol. The average Bonchev–Trinajstić information content (AvgIpc) is 3.00. The zero-order chi connectivity index (χ0) is 30.4. The predicted octanol–water partition coefficient (Wildman–Crippen LogP) is 15.3. The highest BCUT2D eigenvalue weighted by molar-refractivity contribution is 5.49. The fraction of sp³-hybridized carbons (Fsp3) is 0.976. The first kappa shape index (κ1) is 41.7. The van der Waals surface area contributed by atoms with E-state index in [1.54, 1.807) is 0 Å². The highest BCUT2D eigenvalue weighted by Gasteiger charge is 2.08. The minimum absolute atomic E-state index is 0.662. The van der Waals surface area contributed by atoms with Crippen LogP contribution in [-0.2, 0) is 4.79 Å². The lowest BCUT2D eigenvalue weighted by molar-refractivity contribution is -0.108. The lowest BCUT2D eigenvalue weighted by Gasteiger charge is -2.14. The van der Waals surface area contributed by atoms with E-state index in [0.717, 1.165) is 6.42 Å². The third kappa shape index (κ3) is 35.9. The SMILES string of the molecule is CCCCCCCCCCCCCCCCCCCCC(CC=O)CCCCCCCCCCCCCCCCCC. The summed E-state index contributed by atoms with van der Waals surface area (Å²) < 4.78 is 0. The summed E-state index contributed by atoms with van der Waals surface area (Å²) >= 11 is 0. The van der Waals surface area contributed by atoms with E-state index in [9.17, 15) is 4.79 Å². The highest BCUT2D eigenvalue weighted by Crippen LogP contribution is 2.22. The van der Waals surface area contributed by atoms with Gasteiger partial charge in [0.05, 0.1) is 0 Å². The molecule has 0 aliphatic carbocycles. The van der Waals surface area contributed by atoms with Crippen molar-refractivity contribution in [2.75, 3.05) is 0 Å². The van der Waals surface area contributed by atoms with Crippen LogP contribution in [0.4, 0.5) is 0 Å². The smallest absolute Gasteiger partial charge is 0.120 e. The van der Waals surface area contributed by atoms with Crippen molar-refractivity contribution in [3.8, 4) is 0 Å². The zero-order valence-electron chi connectivity index (χ0n) is 29.7. The normalized spacial score (nSPS) is 12.2. The molecule has 1 atom stereocenters. The molecule has 252 valence electrons. The summed E-state index contributed by atoms with van der Waals surface area (Å²) in [5.74, 6) is 0.662. The molecule has 0 heterocycles. The van der Waals surface area contributed by atoms with Gasteiger partial charge >= 0.3 is 0 Å². The highest BCUT2D eigenvalue weighted by atomic mass is 16.1. The van der Waals surface area contributed by atoms with Crippen molar-refractivity contribution in [2.45, 2.75) is 251 Å². The minimum Gasteiger partial charge on any atom is -0.303 e. The van der Waals surface area contributed by atoms with Crippen LogP contribution in [0.1, 0.15) is 251 Å². The Morgan fingerprint density at radius 1 is 0.310 bits per heavy atom. The van der Waals surface area contributed by atoms with Crippen molar-refractivity contribution in [3.05, 3.63) is 0 Å². The van der Waals surface area contributed by atoms with Crippen LogP contribution >= 0.6 is 0 Å². The van der Waals surface area contributed by atoms with Crippen LogP contribution < -0.4 is 0 Å². The zero-order valence-corrected chi connectivity index (χ0v) is 29.7. The molecule has 0 bridgehead atoms. The summed E-state index contributed by atoms with van der Waals surface area (Å²) in [5.41, 5.74) is 0. The molecule has 0 aromatic carbocycles. The van der Waals surface area contributed by atoms with Crippen LogP contribution in [0.5, 0.6) is 0 Å². The van der Waals surface area contributed by atoms with E-state index in [2.05, 4.69) is 13.8 Å². The van der Waals surface area contributed by atoms with Crippen LogP contribution in [0.25, 0.3) is 0 Å². The van der Waals surface area contributed by atoms with Gasteiger partial charge in [-0.3, -0.25) is 0 Å². The molecule has 1 heteroatoms. The Morgan fingerprint density at radius 2 is 0.500 bits per heavy atom. The van der Waals surface area contributed by atoms with Crippen LogP contribution in [0.15, 0.2) is 0 Å². The third-order valence-corrected chi connectivity index (χ3v) is 9.86. The summed E-state index contributed by atoms with van der Waals surface area (Å²) in [6.07, 6.45) is 53.4. The number of aldehydes is 1. The lowest BCUT2D eigenvalue weighted by Crippen LogP contribution is -2.02. The standard InChI is InChI=1S/C41H82O/c1-3-5-7-9-11-13-15-17-19-21-22-24-26-28-30-32-34-36-38-41(39-40-42)37-35-33-31-29-27-25-23-20-18-16-14-12-10-8-6-4-2/h40-41H,3-39H2,1-2H3. The Kier molecular flexibility index (Phi) is 38.4. The Hall–Kier alpha value is -0.330. The van der Waals surface area contributed by atoms with Gasteiger partial charge < -0.3 is 4.79 Å². The Labute approximate surface area is 267 Å². The second kappa shape index (κ2) is 38.7. The molecule has 1 nitrogen and oxygen atoms in total. The second-order valence-electron chi connectivity index (χ2n) is 14.2. The molecule has 0 aliphatic heterocycles. The van der Waals surface area contributed by atoms with E-state index in [0.29, 0.717) is 5.92 Å². The Balaban J connectivity index is 3.35. The maximum atomic E-state index is 11.2. The summed E-state index contributed by atoms with van der Waals surface area (Å²) in [6.45, 7) is 4.60. The molecule has 0 aliphatic rings. The molecule has 0 rings (SSSR count). The van der Waals surface area contributed by atoms with Crippen molar-refractivity contribution in [3.63, 3.8) is 0 Å². The van der Waals surface area contributed by atoms with E-state index in [4.69, 9.17) is 0 Å². The molecular weight excluding hydrogens is 508 g/mol. The van der Waals surface area contributed by atoms with Gasteiger partial charge in [-0.15, -0.1) is 0 Å². The summed E-state index contributed by atoms with van der Waals surface area (Å²) in [6, 6.07) is 0. The maximum absolute atomic E-state index is 11.2. The fourth-order valence-corrected chi connectivity index (χ4v) is 6.83. The largest absolute Gasteiger partial charge is 0.303 e. The molecule has 0 fully saturated rings. The minimum atomic E-state index is 0.662. The molecule has 0 saturated carbocycles. The van der Waals surface area contributed by atoms with Gasteiger partial charge in [0.25, 0.3) is 0 Å². The molecule has 0 aromatic rings. The van der Waals surface area contributed by atoms with Gasteiger partial charge in [0.15, 0.2) is 0 Å². The van der Waals surface area contributed by atoms with Crippen molar-refractivity contribution in [1.29, 1.82) is 0 Å². The van der Waals surface area contributed by atoms with Crippen LogP contribution in [0.3, 0.4) is 0 Å². The van der Waals surface area contributed by atoms with Gasteiger partial charge in [-0.25, -0.2) is 0 Å². The first-order valence-electron chi connectivity index (χ1n) is 20.3. The fourth-order valence-electron chi connectivity index (χ4n) is 6.83. The van der Waals surface area contributed by atoms with E-state index in [1.165, 1.54) is 237 Å². The molecule has 0 amide bonds. The number of hydrogen-bond donors (Lipinski definition) is 0. The molecule has 0 N–H and O–H groups in total. The summed E-state index contributed by atoms with van der Waals surface area (Å²) in [5, 5.41) is 0. The summed E-state index contributed by atoms with van der Waals surface area (Å²) in [4.78, 5) is 11.2. The van der Waals surface area contributed by atoms with Gasteiger partial charge in [-0.2, -0.15) is 0 Å². The molecule has 0 saturated heterocycles. The Bertz CT molecular complexity index is 471. The number of carbonyl (C=O) groups excluding carboxylic acids is 1. The van der Waals surface area contributed by atoms with Gasteiger partial charge in [0.2, 0.25) is 0 Å². The van der Waals surface area contributed by atoms with Crippen LogP contribution in [0.2, 0.25) is 0 Å². The molecular formula is C41H82O. The average molecular weight is 591 g/mol. The van der Waals surface area contributed by atoms with Crippen molar-refractivity contribution in [2.24, 2.45) is 5.92 Å². The van der Waals surface area contributed by atoms with Crippen molar-refractivity contribution in [1.82, 2.24) is 0 Å². The molecule has 0 aromatic heterocycles. The van der Waals surface area contributed by atoms with Crippen molar-refractivity contribution < 1.29 is 4.79 Å². The van der Waals surface area contributed by atoms with E-state index in [-0.39, 0.29) is 0 Å². The molecule has 42 heavy (non-hydrogen) atoms. The van der Waals surface area contributed by atoms with Gasteiger partial charge in [0.1, 0.15) is 6.29 Å².